The smallest absolute Gasteiger partial charge is 0.293 e. The summed E-state index contributed by atoms with van der Waals surface area (Å²) in [5.74, 6) is -0.561. The molecule has 0 radical (unpaired) electrons. The third kappa shape index (κ3) is 4.31. The van der Waals surface area contributed by atoms with E-state index in [2.05, 4.69) is 5.32 Å². The number of benzene rings is 1. The number of nitrogens with one attached hydrogen (secondary N) is 1. The Kier molecular flexibility index (Phi) is 5.57. The molecule has 1 fully saturated rings. The van der Waals surface area contributed by atoms with Crippen molar-refractivity contribution in [1.82, 2.24) is 10.2 Å². The highest BCUT2D eigenvalue weighted by Gasteiger charge is 2.34. The van der Waals surface area contributed by atoms with Gasteiger partial charge in [-0.1, -0.05) is 29.8 Å². The normalized spacial score (nSPS) is 15.9. The maximum Gasteiger partial charge on any atom is 0.293 e. The largest absolute Gasteiger partial charge is 0.350 e. The van der Waals surface area contributed by atoms with Crippen LogP contribution >= 0.6 is 34.7 Å². The Hall–Kier alpha value is -2.09. The van der Waals surface area contributed by atoms with Crippen molar-refractivity contribution in [2.45, 2.75) is 0 Å². The summed E-state index contributed by atoms with van der Waals surface area (Å²) in [6.07, 6.45) is 1.66. The van der Waals surface area contributed by atoms with Crippen molar-refractivity contribution >= 4 is 57.8 Å². The lowest BCUT2D eigenvalue weighted by Crippen LogP contribution is -2.37. The van der Waals surface area contributed by atoms with E-state index in [1.54, 1.807) is 42.5 Å². The van der Waals surface area contributed by atoms with E-state index in [-0.39, 0.29) is 30.1 Å². The first-order chi connectivity index (χ1) is 12.0. The number of hydrogen-bond acceptors (Lipinski definition) is 5. The lowest BCUT2D eigenvalue weighted by molar-refractivity contribution is -0.122. The number of thiophene rings is 1. The van der Waals surface area contributed by atoms with Gasteiger partial charge in [-0.2, -0.15) is 0 Å². The van der Waals surface area contributed by atoms with E-state index in [0.717, 1.165) is 22.2 Å². The zero-order valence-corrected chi connectivity index (χ0v) is 15.3. The third-order valence-corrected chi connectivity index (χ3v) is 5.44. The maximum absolute atomic E-state index is 12.4. The molecule has 1 aliphatic rings. The fourth-order valence-corrected chi connectivity index (χ4v) is 3.81. The Balaban J connectivity index is 1.59. The Labute approximate surface area is 157 Å². The number of halogens is 1. The maximum atomic E-state index is 12.4. The van der Waals surface area contributed by atoms with Gasteiger partial charge < -0.3 is 5.32 Å². The van der Waals surface area contributed by atoms with Crippen LogP contribution in [0.4, 0.5) is 4.79 Å². The minimum atomic E-state index is -0.352. The molecule has 2 aromatic rings. The van der Waals surface area contributed by atoms with E-state index in [1.165, 1.54) is 11.3 Å². The SMILES string of the molecule is O=C(NCCN1C(=O)S/C(=C\c2ccc(Cl)cc2)C1=O)c1cccs1. The van der Waals surface area contributed by atoms with Gasteiger partial charge in [0, 0.05) is 18.1 Å². The van der Waals surface area contributed by atoms with E-state index < -0.39 is 0 Å². The van der Waals surface area contributed by atoms with E-state index in [0.29, 0.717) is 14.8 Å². The molecule has 1 saturated heterocycles. The van der Waals surface area contributed by atoms with Crippen molar-refractivity contribution in [1.29, 1.82) is 0 Å². The monoisotopic (exact) mass is 392 g/mol. The second kappa shape index (κ2) is 7.86. The molecule has 128 valence electrons. The summed E-state index contributed by atoms with van der Waals surface area (Å²) in [6.45, 7) is 0.350. The van der Waals surface area contributed by atoms with E-state index in [1.807, 2.05) is 5.38 Å². The summed E-state index contributed by atoms with van der Waals surface area (Å²) in [5, 5.41) is 4.78. The van der Waals surface area contributed by atoms with Crippen LogP contribution in [0, 0.1) is 0 Å². The number of hydrogen-bond donors (Lipinski definition) is 1. The molecule has 0 unspecified atom stereocenters. The molecule has 1 aromatic carbocycles. The molecule has 5 nitrogen and oxygen atoms in total. The standard InChI is InChI=1S/C17H13ClN2O3S2/c18-12-5-3-11(4-6-12)10-14-16(22)20(17(23)25-14)8-7-19-15(21)13-2-1-9-24-13/h1-6,9-10H,7-8H2,(H,19,21)/b14-10-. The highest BCUT2D eigenvalue weighted by atomic mass is 35.5. The Bertz CT molecular complexity index is 832. The summed E-state index contributed by atoms with van der Waals surface area (Å²) < 4.78 is 0. The molecule has 0 bridgehead atoms. The van der Waals surface area contributed by atoms with Crippen molar-refractivity contribution in [3.63, 3.8) is 0 Å². The number of thioether (sulfide) groups is 1. The van der Waals surface area contributed by atoms with E-state index in [4.69, 9.17) is 11.6 Å². The minimum absolute atomic E-state index is 0.139. The van der Waals surface area contributed by atoms with Gasteiger partial charge in [-0.15, -0.1) is 11.3 Å². The Morgan fingerprint density at radius 2 is 1.96 bits per heavy atom. The molecular weight excluding hydrogens is 380 g/mol. The van der Waals surface area contributed by atoms with Gasteiger partial charge in [0.2, 0.25) is 0 Å². The van der Waals surface area contributed by atoms with Crippen LogP contribution in [-0.4, -0.2) is 35.0 Å². The summed E-state index contributed by atoms with van der Waals surface area (Å²) >= 11 is 8.06. The predicted octanol–water partition coefficient (Wildman–Crippen LogP) is 3.87. The minimum Gasteiger partial charge on any atom is -0.350 e. The van der Waals surface area contributed by atoms with Gasteiger partial charge in [0.05, 0.1) is 9.78 Å². The molecule has 3 amide bonds. The lowest BCUT2D eigenvalue weighted by Gasteiger charge is -2.12. The number of rotatable bonds is 5. The van der Waals surface area contributed by atoms with Crippen LogP contribution in [0.5, 0.6) is 0 Å². The number of carbonyl (C=O) groups excluding carboxylic acids is 3. The third-order valence-electron chi connectivity index (χ3n) is 3.41. The molecule has 1 aromatic heterocycles. The van der Waals surface area contributed by atoms with Crippen LogP contribution < -0.4 is 5.32 Å². The first-order valence-electron chi connectivity index (χ1n) is 7.37. The quantitative estimate of drug-likeness (QED) is 0.784. The molecule has 0 spiro atoms. The molecule has 2 heterocycles. The molecule has 1 N–H and O–H groups in total. The second-order valence-corrected chi connectivity index (χ2v) is 7.50. The average Bonchev–Trinajstić information content (AvgIpc) is 3.21. The van der Waals surface area contributed by atoms with Crippen molar-refractivity contribution in [3.05, 3.63) is 62.1 Å². The van der Waals surface area contributed by atoms with Crippen molar-refractivity contribution in [2.75, 3.05) is 13.1 Å². The molecule has 3 rings (SSSR count). The second-order valence-electron chi connectivity index (χ2n) is 5.12. The fourth-order valence-electron chi connectivity index (χ4n) is 2.18. The molecule has 8 heteroatoms. The summed E-state index contributed by atoms with van der Waals surface area (Å²) in [5.41, 5.74) is 0.792. The van der Waals surface area contributed by atoms with Crippen LogP contribution in [0.15, 0.2) is 46.7 Å². The average molecular weight is 393 g/mol. The Morgan fingerprint density at radius 3 is 2.64 bits per heavy atom. The molecule has 25 heavy (non-hydrogen) atoms. The van der Waals surface area contributed by atoms with Crippen LogP contribution in [0.1, 0.15) is 15.2 Å². The van der Waals surface area contributed by atoms with Crippen molar-refractivity contribution in [3.8, 4) is 0 Å². The van der Waals surface area contributed by atoms with Crippen LogP contribution in [0.25, 0.3) is 6.08 Å². The first kappa shape index (κ1) is 17.7. The number of imide groups is 1. The number of amides is 3. The van der Waals surface area contributed by atoms with Crippen LogP contribution in [0.3, 0.4) is 0 Å². The van der Waals surface area contributed by atoms with Gasteiger partial charge in [-0.25, -0.2) is 0 Å². The van der Waals surface area contributed by atoms with Gasteiger partial charge in [0.15, 0.2) is 0 Å². The van der Waals surface area contributed by atoms with Gasteiger partial charge in [-0.3, -0.25) is 19.3 Å². The van der Waals surface area contributed by atoms with Gasteiger partial charge in [-0.05, 0) is 47.0 Å². The van der Waals surface area contributed by atoms with Crippen LogP contribution in [0.2, 0.25) is 5.02 Å². The summed E-state index contributed by atoms with van der Waals surface area (Å²) in [4.78, 5) is 38.4. The van der Waals surface area contributed by atoms with Gasteiger partial charge in [0.1, 0.15) is 0 Å². The van der Waals surface area contributed by atoms with Gasteiger partial charge >= 0.3 is 0 Å². The molecule has 0 atom stereocenters. The molecule has 0 aliphatic carbocycles. The Morgan fingerprint density at radius 1 is 1.20 bits per heavy atom. The zero-order valence-electron chi connectivity index (χ0n) is 12.9. The van der Waals surface area contributed by atoms with Gasteiger partial charge in [0.25, 0.3) is 17.1 Å². The number of nitrogens with zero attached hydrogens (tertiary/aromatic N) is 1. The van der Waals surface area contributed by atoms with Crippen molar-refractivity contribution in [2.24, 2.45) is 0 Å². The highest BCUT2D eigenvalue weighted by Crippen LogP contribution is 2.32. The van der Waals surface area contributed by atoms with E-state index >= 15 is 0 Å². The molecule has 1 aliphatic heterocycles. The zero-order chi connectivity index (χ0) is 17.8. The highest BCUT2D eigenvalue weighted by molar-refractivity contribution is 8.18. The topological polar surface area (TPSA) is 66.5 Å². The van der Waals surface area contributed by atoms with Crippen molar-refractivity contribution < 1.29 is 14.4 Å². The van der Waals surface area contributed by atoms with E-state index in [9.17, 15) is 14.4 Å². The molecule has 0 saturated carbocycles. The predicted molar refractivity (Wildman–Crippen MR) is 101 cm³/mol. The first-order valence-corrected chi connectivity index (χ1v) is 9.44. The fraction of sp³-hybridized carbons (Fsp3) is 0.118. The lowest BCUT2D eigenvalue weighted by atomic mass is 10.2. The summed E-state index contributed by atoms with van der Waals surface area (Å²) in [6, 6.07) is 10.5. The number of carbonyl (C=O) groups is 3. The molecular formula is C17H13ClN2O3S2. The summed E-state index contributed by atoms with van der Waals surface area (Å²) in [7, 11) is 0. The van der Waals surface area contributed by atoms with Crippen LogP contribution in [-0.2, 0) is 4.79 Å².